The van der Waals surface area contributed by atoms with Gasteiger partial charge in [0.2, 0.25) is 0 Å². The van der Waals surface area contributed by atoms with Crippen LogP contribution in [0.2, 0.25) is 0 Å². The summed E-state index contributed by atoms with van der Waals surface area (Å²) in [6, 6.07) is 20.2. The number of hydrogen-bond acceptors (Lipinski definition) is 4. The Morgan fingerprint density at radius 3 is 2.45 bits per heavy atom. The molecule has 3 aromatic carbocycles. The molecule has 0 radical (unpaired) electrons. The lowest BCUT2D eigenvalue weighted by molar-refractivity contribution is -0.112. The normalized spacial score (nSPS) is 10.8. The van der Waals surface area contributed by atoms with Crippen LogP contribution in [0.5, 0.6) is 11.5 Å². The van der Waals surface area contributed by atoms with Crippen molar-refractivity contribution < 1.29 is 18.7 Å². The van der Waals surface area contributed by atoms with Crippen LogP contribution in [0.25, 0.3) is 6.08 Å². The first-order valence-electron chi connectivity index (χ1n) is 9.22. The lowest BCUT2D eigenvalue weighted by Gasteiger charge is -2.09. The van der Waals surface area contributed by atoms with E-state index in [1.54, 1.807) is 55.6 Å². The SMILES string of the molecule is COc1ccc(NC(=O)/C(C#N)=C\c2ccc(OCc3ccc(F)cc3)c(I)c2)cc1. The van der Waals surface area contributed by atoms with Crippen molar-refractivity contribution in [2.24, 2.45) is 0 Å². The molecule has 1 N–H and O–H groups in total. The molecule has 0 spiro atoms. The van der Waals surface area contributed by atoms with Crippen LogP contribution < -0.4 is 14.8 Å². The average Bonchev–Trinajstić information content (AvgIpc) is 2.78. The third-order valence-electron chi connectivity index (χ3n) is 4.29. The fourth-order valence-electron chi connectivity index (χ4n) is 2.65. The summed E-state index contributed by atoms with van der Waals surface area (Å²) in [5.41, 5.74) is 2.08. The van der Waals surface area contributed by atoms with E-state index in [2.05, 4.69) is 27.9 Å². The Morgan fingerprint density at radius 2 is 1.84 bits per heavy atom. The van der Waals surface area contributed by atoms with Crippen molar-refractivity contribution in [1.82, 2.24) is 0 Å². The monoisotopic (exact) mass is 528 g/mol. The van der Waals surface area contributed by atoms with E-state index >= 15 is 0 Å². The molecule has 156 valence electrons. The second-order valence-electron chi connectivity index (χ2n) is 6.46. The van der Waals surface area contributed by atoms with Crippen molar-refractivity contribution in [3.63, 3.8) is 0 Å². The minimum atomic E-state index is -0.501. The van der Waals surface area contributed by atoms with Gasteiger partial charge in [0.25, 0.3) is 5.91 Å². The van der Waals surface area contributed by atoms with Crippen molar-refractivity contribution in [2.75, 3.05) is 12.4 Å². The molecule has 3 rings (SSSR count). The van der Waals surface area contributed by atoms with Crippen LogP contribution >= 0.6 is 22.6 Å². The number of anilines is 1. The van der Waals surface area contributed by atoms with Gasteiger partial charge in [0, 0.05) is 5.69 Å². The number of nitrogens with one attached hydrogen (secondary N) is 1. The standard InChI is InChI=1S/C24H18FIN2O3/c1-30-21-9-7-20(8-10-21)28-24(29)18(14-27)12-17-4-11-23(22(26)13-17)31-15-16-2-5-19(25)6-3-16/h2-13H,15H2,1H3,(H,28,29)/b18-12-. The first-order valence-corrected chi connectivity index (χ1v) is 10.3. The Hall–Kier alpha value is -3.38. The number of rotatable bonds is 7. The molecule has 7 heteroatoms. The van der Waals surface area contributed by atoms with E-state index in [1.807, 2.05) is 12.1 Å². The van der Waals surface area contributed by atoms with Gasteiger partial charge in [0.05, 0.1) is 10.7 Å². The highest BCUT2D eigenvalue weighted by Crippen LogP contribution is 2.25. The lowest BCUT2D eigenvalue weighted by atomic mass is 10.1. The largest absolute Gasteiger partial charge is 0.497 e. The van der Waals surface area contributed by atoms with Crippen molar-refractivity contribution in [3.8, 4) is 17.6 Å². The minimum absolute atomic E-state index is 0.0217. The van der Waals surface area contributed by atoms with Gasteiger partial charge in [-0.2, -0.15) is 5.26 Å². The Bertz CT molecular complexity index is 1140. The zero-order valence-electron chi connectivity index (χ0n) is 16.6. The zero-order valence-corrected chi connectivity index (χ0v) is 18.7. The summed E-state index contributed by atoms with van der Waals surface area (Å²) < 4.78 is 24.7. The van der Waals surface area contributed by atoms with Crippen LogP contribution in [0.3, 0.4) is 0 Å². The van der Waals surface area contributed by atoms with Crippen LogP contribution in [-0.4, -0.2) is 13.0 Å². The number of methoxy groups -OCH3 is 1. The number of benzene rings is 3. The smallest absolute Gasteiger partial charge is 0.266 e. The van der Waals surface area contributed by atoms with Crippen molar-refractivity contribution in [2.45, 2.75) is 6.61 Å². The number of amides is 1. The number of nitrogens with zero attached hydrogens (tertiary/aromatic N) is 1. The summed E-state index contributed by atoms with van der Waals surface area (Å²) in [6.45, 7) is 0.305. The van der Waals surface area contributed by atoms with Crippen LogP contribution in [0, 0.1) is 20.7 Å². The Morgan fingerprint density at radius 1 is 1.13 bits per heavy atom. The fraction of sp³-hybridized carbons (Fsp3) is 0.0833. The second kappa shape index (κ2) is 10.6. The third kappa shape index (κ3) is 6.30. The number of halogens is 2. The van der Waals surface area contributed by atoms with Crippen molar-refractivity contribution in [1.29, 1.82) is 5.26 Å². The molecule has 1 amide bonds. The van der Waals surface area contributed by atoms with Gasteiger partial charge in [-0.3, -0.25) is 4.79 Å². The number of carbonyl (C=O) groups is 1. The summed E-state index contributed by atoms with van der Waals surface area (Å²) >= 11 is 2.13. The van der Waals surface area contributed by atoms with E-state index in [0.717, 1.165) is 9.13 Å². The molecule has 0 aromatic heterocycles. The first-order chi connectivity index (χ1) is 15.0. The van der Waals surface area contributed by atoms with Crippen molar-refractivity contribution in [3.05, 3.63) is 92.8 Å². The Labute approximate surface area is 193 Å². The molecular formula is C24H18FIN2O3. The molecular weight excluding hydrogens is 510 g/mol. The highest BCUT2D eigenvalue weighted by Gasteiger charge is 2.11. The fourth-order valence-corrected chi connectivity index (χ4v) is 3.35. The Balaban J connectivity index is 1.68. The summed E-state index contributed by atoms with van der Waals surface area (Å²) in [7, 11) is 1.56. The number of carbonyl (C=O) groups excluding carboxylic acids is 1. The quantitative estimate of drug-likeness (QED) is 0.248. The molecule has 0 unspecified atom stereocenters. The molecule has 3 aromatic rings. The van der Waals surface area contributed by atoms with E-state index in [4.69, 9.17) is 9.47 Å². The van der Waals surface area contributed by atoms with Crippen LogP contribution in [0.4, 0.5) is 10.1 Å². The molecule has 0 heterocycles. The maximum Gasteiger partial charge on any atom is 0.266 e. The number of hydrogen-bond donors (Lipinski definition) is 1. The van der Waals surface area contributed by atoms with Gasteiger partial charge in [0.1, 0.15) is 35.6 Å². The van der Waals surface area contributed by atoms with E-state index in [1.165, 1.54) is 18.2 Å². The zero-order chi connectivity index (χ0) is 22.2. The van der Waals surface area contributed by atoms with E-state index in [-0.39, 0.29) is 11.4 Å². The maximum absolute atomic E-state index is 13.0. The lowest BCUT2D eigenvalue weighted by Crippen LogP contribution is -2.13. The van der Waals surface area contributed by atoms with Gasteiger partial charge in [-0.25, -0.2) is 4.39 Å². The Kier molecular flexibility index (Phi) is 7.62. The topological polar surface area (TPSA) is 71.3 Å². The van der Waals surface area contributed by atoms with Crippen LogP contribution in [-0.2, 0) is 11.4 Å². The molecule has 0 aliphatic carbocycles. The predicted molar refractivity (Wildman–Crippen MR) is 125 cm³/mol. The second-order valence-corrected chi connectivity index (χ2v) is 7.62. The molecule has 5 nitrogen and oxygen atoms in total. The van der Waals surface area contributed by atoms with Crippen molar-refractivity contribution >= 4 is 40.3 Å². The van der Waals surface area contributed by atoms with Gasteiger partial charge >= 0.3 is 0 Å². The van der Waals surface area contributed by atoms with E-state index in [0.29, 0.717) is 29.4 Å². The average molecular weight is 528 g/mol. The van der Waals surface area contributed by atoms with E-state index in [9.17, 15) is 14.4 Å². The van der Waals surface area contributed by atoms with Gasteiger partial charge in [-0.15, -0.1) is 0 Å². The molecule has 0 fully saturated rings. The molecule has 31 heavy (non-hydrogen) atoms. The minimum Gasteiger partial charge on any atom is -0.497 e. The van der Waals surface area contributed by atoms with Gasteiger partial charge < -0.3 is 14.8 Å². The molecule has 0 atom stereocenters. The third-order valence-corrected chi connectivity index (χ3v) is 5.13. The highest BCUT2D eigenvalue weighted by molar-refractivity contribution is 14.1. The van der Waals surface area contributed by atoms with Gasteiger partial charge in [-0.1, -0.05) is 18.2 Å². The van der Waals surface area contributed by atoms with Gasteiger partial charge in [0.15, 0.2) is 0 Å². The number of nitriles is 1. The molecule has 0 bridgehead atoms. The summed E-state index contributed by atoms with van der Waals surface area (Å²) in [6.07, 6.45) is 1.52. The van der Waals surface area contributed by atoms with Crippen LogP contribution in [0.15, 0.2) is 72.3 Å². The molecule has 0 aliphatic rings. The molecule has 0 aliphatic heterocycles. The van der Waals surface area contributed by atoms with E-state index < -0.39 is 5.91 Å². The summed E-state index contributed by atoms with van der Waals surface area (Å²) in [5, 5.41) is 12.1. The summed E-state index contributed by atoms with van der Waals surface area (Å²) in [4.78, 5) is 12.5. The summed E-state index contributed by atoms with van der Waals surface area (Å²) in [5.74, 6) is 0.534. The number of ether oxygens (including phenoxy) is 2. The van der Waals surface area contributed by atoms with Crippen LogP contribution in [0.1, 0.15) is 11.1 Å². The first kappa shape index (κ1) is 22.3. The molecule has 0 saturated carbocycles. The molecule has 0 saturated heterocycles. The maximum atomic E-state index is 13.0. The predicted octanol–water partition coefficient (Wildman–Crippen LogP) is 5.56. The highest BCUT2D eigenvalue weighted by atomic mass is 127. The van der Waals surface area contributed by atoms with Gasteiger partial charge in [-0.05, 0) is 88.3 Å².